The van der Waals surface area contributed by atoms with Crippen LogP contribution in [-0.4, -0.2) is 82.3 Å². The van der Waals surface area contributed by atoms with Crippen LogP contribution in [0.15, 0.2) is 24.3 Å². The molecule has 0 fully saturated rings. The molecule has 2 atom stereocenters. The monoisotopic (exact) mass is 1090 g/mol. The Hall–Kier alpha value is -2.23. The van der Waals surface area contributed by atoms with E-state index in [0.29, 0.717) is 23.9 Å². The van der Waals surface area contributed by atoms with Crippen LogP contribution in [0.3, 0.4) is 0 Å². The minimum Gasteiger partial charge on any atom is -0.545 e. The lowest BCUT2D eigenvalue weighted by Crippen LogP contribution is -2.44. The van der Waals surface area contributed by atoms with E-state index in [0.717, 1.165) is 64.2 Å². The third kappa shape index (κ3) is 61.2. The number of carbonyl (C=O) groups is 3. The van der Waals surface area contributed by atoms with Crippen LogP contribution in [0.2, 0.25) is 0 Å². The van der Waals surface area contributed by atoms with E-state index in [9.17, 15) is 19.5 Å². The van der Waals surface area contributed by atoms with Gasteiger partial charge < -0.3 is 33.3 Å². The van der Waals surface area contributed by atoms with E-state index in [1.165, 1.54) is 238 Å². The fourth-order valence-corrected chi connectivity index (χ4v) is 10.0. The number of quaternary nitrogens is 1. The Morgan fingerprint density at radius 1 is 0.390 bits per heavy atom. The average molecular weight is 1090 g/mol. The molecule has 77 heavy (non-hydrogen) atoms. The summed E-state index contributed by atoms with van der Waals surface area (Å²) in [5.41, 5.74) is 0. The first-order valence-electron chi connectivity index (χ1n) is 33.5. The molecule has 0 aromatic heterocycles. The van der Waals surface area contributed by atoms with Gasteiger partial charge >= 0.3 is 11.9 Å². The van der Waals surface area contributed by atoms with Crippen molar-refractivity contribution in [2.45, 2.75) is 347 Å². The Morgan fingerprint density at radius 3 is 1.06 bits per heavy atom. The van der Waals surface area contributed by atoms with Crippen LogP contribution in [0, 0.1) is 0 Å². The van der Waals surface area contributed by atoms with Crippen LogP contribution in [0.5, 0.6) is 0 Å². The van der Waals surface area contributed by atoms with Crippen molar-refractivity contribution >= 4 is 17.9 Å². The first kappa shape index (κ1) is 74.8. The highest BCUT2D eigenvalue weighted by molar-refractivity contribution is 5.70. The number of rotatable bonds is 63. The molecule has 0 amide bonds. The summed E-state index contributed by atoms with van der Waals surface area (Å²) in [5.74, 6) is -2.28. The summed E-state index contributed by atoms with van der Waals surface area (Å²) in [7, 11) is 5.92. The average Bonchev–Trinajstić information content (AvgIpc) is 3.40. The molecule has 454 valence electrons. The summed E-state index contributed by atoms with van der Waals surface area (Å²) >= 11 is 0. The standard InChI is InChI=1S/C68H129NO8/c1-6-8-10-12-14-16-18-20-22-23-24-25-26-27-28-29-30-31-32-33-34-35-36-37-38-39-40-41-42-43-44-45-47-48-50-52-54-56-58-65(70)75-62-64(63-76-68(67(72)73)74-61-60-69(3,4)5)77-66(71)59-57-55-53-51-49-46-21-19-17-15-13-11-9-7-2/h13,15,19,21,64,68H,6-12,14,16-18,20,22-63H2,1-5H3/b15-13-,21-19-. The molecule has 2 unspecified atom stereocenters. The van der Waals surface area contributed by atoms with Crippen LogP contribution in [0.25, 0.3) is 0 Å². The molecule has 0 heterocycles. The maximum atomic E-state index is 12.8. The smallest absolute Gasteiger partial charge is 0.306 e. The van der Waals surface area contributed by atoms with E-state index in [1.807, 2.05) is 21.1 Å². The zero-order valence-electron chi connectivity index (χ0n) is 51.9. The number of carbonyl (C=O) groups excluding carboxylic acids is 3. The number of hydrogen-bond acceptors (Lipinski definition) is 8. The van der Waals surface area contributed by atoms with Gasteiger partial charge in [0.1, 0.15) is 13.2 Å². The first-order valence-corrected chi connectivity index (χ1v) is 33.5. The Kier molecular flexibility index (Phi) is 58.1. The molecule has 0 saturated heterocycles. The number of likely N-dealkylation sites (N-methyl/N-ethyl adjacent to an activating group) is 1. The number of carboxylic acids is 1. The number of esters is 2. The van der Waals surface area contributed by atoms with E-state index >= 15 is 0 Å². The third-order valence-electron chi connectivity index (χ3n) is 15.2. The predicted octanol–water partition coefficient (Wildman–Crippen LogP) is 18.9. The molecule has 0 aliphatic carbocycles. The SMILES string of the molecule is CCCC/C=C\C/C=C\CCCCCCCC(=O)OC(COC(=O)CCCCCCCCCCCCCCCCCCCCCCCCCCCCCCCCCCCCCCCC)COC(OCC[N+](C)(C)C)C(=O)[O-]. The summed E-state index contributed by atoms with van der Waals surface area (Å²) in [6.07, 6.45) is 70.1. The molecular weight excluding hydrogens is 959 g/mol. The van der Waals surface area contributed by atoms with Gasteiger partial charge in [-0.3, -0.25) is 9.59 Å². The number of ether oxygens (including phenoxy) is 4. The maximum absolute atomic E-state index is 12.8. The Bertz CT molecular complexity index is 1310. The molecule has 0 aromatic carbocycles. The molecule has 9 heteroatoms. The second-order valence-electron chi connectivity index (χ2n) is 24.1. The van der Waals surface area contributed by atoms with Gasteiger partial charge in [0.05, 0.1) is 40.3 Å². The topological polar surface area (TPSA) is 111 Å². The fraction of sp³-hybridized carbons (Fsp3) is 0.897. The largest absolute Gasteiger partial charge is 0.545 e. The molecule has 0 aromatic rings. The summed E-state index contributed by atoms with van der Waals surface area (Å²) in [6, 6.07) is 0. The Labute approximate surface area is 478 Å². The zero-order chi connectivity index (χ0) is 56.2. The highest BCUT2D eigenvalue weighted by atomic mass is 16.7. The van der Waals surface area contributed by atoms with Gasteiger partial charge in [0.15, 0.2) is 12.4 Å². The molecular formula is C68H129NO8. The summed E-state index contributed by atoms with van der Waals surface area (Å²) < 4.78 is 22.7. The number of allylic oxidation sites excluding steroid dienone is 4. The first-order chi connectivity index (χ1) is 37.6. The molecule has 0 aliphatic heterocycles. The van der Waals surface area contributed by atoms with Gasteiger partial charge in [-0.2, -0.15) is 0 Å². The number of hydrogen-bond donors (Lipinski definition) is 0. The second-order valence-corrected chi connectivity index (χ2v) is 24.1. The van der Waals surface area contributed by atoms with Crippen LogP contribution < -0.4 is 5.11 Å². The minimum absolute atomic E-state index is 0.147. The fourth-order valence-electron chi connectivity index (χ4n) is 10.0. The number of nitrogens with zero attached hydrogens (tertiary/aromatic N) is 1. The van der Waals surface area contributed by atoms with E-state index in [1.54, 1.807) is 0 Å². The van der Waals surface area contributed by atoms with E-state index < -0.39 is 24.3 Å². The third-order valence-corrected chi connectivity index (χ3v) is 15.2. The molecule has 0 spiro atoms. The van der Waals surface area contributed by atoms with Crippen molar-refractivity contribution in [1.29, 1.82) is 0 Å². The lowest BCUT2D eigenvalue weighted by molar-refractivity contribution is -0.870. The predicted molar refractivity (Wildman–Crippen MR) is 325 cm³/mol. The highest BCUT2D eigenvalue weighted by Crippen LogP contribution is 2.19. The van der Waals surface area contributed by atoms with Crippen molar-refractivity contribution in [2.75, 3.05) is 47.5 Å². The molecule has 0 N–H and O–H groups in total. The summed E-state index contributed by atoms with van der Waals surface area (Å²) in [6.45, 7) is 4.74. The number of unbranched alkanes of at least 4 members (excludes halogenated alkanes) is 44. The van der Waals surface area contributed by atoms with Crippen molar-refractivity contribution in [3.8, 4) is 0 Å². The van der Waals surface area contributed by atoms with Crippen LogP contribution in [0.1, 0.15) is 335 Å². The van der Waals surface area contributed by atoms with Crippen molar-refractivity contribution in [3.05, 3.63) is 24.3 Å². The van der Waals surface area contributed by atoms with Crippen molar-refractivity contribution < 1.29 is 42.9 Å². The summed E-state index contributed by atoms with van der Waals surface area (Å²) in [4.78, 5) is 37.3. The van der Waals surface area contributed by atoms with Gasteiger partial charge in [-0.1, -0.05) is 308 Å². The molecule has 0 aliphatic rings. The Balaban J connectivity index is 3.89. The van der Waals surface area contributed by atoms with Gasteiger partial charge in [-0.15, -0.1) is 0 Å². The normalized spacial score (nSPS) is 12.8. The van der Waals surface area contributed by atoms with Crippen molar-refractivity contribution in [1.82, 2.24) is 0 Å². The summed E-state index contributed by atoms with van der Waals surface area (Å²) in [5, 5.41) is 11.8. The molecule has 0 rings (SSSR count). The quantitative estimate of drug-likeness (QED) is 0.0195. The van der Waals surface area contributed by atoms with E-state index in [-0.39, 0.29) is 32.2 Å². The Morgan fingerprint density at radius 2 is 0.714 bits per heavy atom. The highest BCUT2D eigenvalue weighted by Gasteiger charge is 2.22. The lowest BCUT2D eigenvalue weighted by Gasteiger charge is -2.26. The van der Waals surface area contributed by atoms with Gasteiger partial charge in [0.2, 0.25) is 0 Å². The molecule has 0 radical (unpaired) electrons. The zero-order valence-corrected chi connectivity index (χ0v) is 51.9. The van der Waals surface area contributed by atoms with Gasteiger partial charge in [-0.05, 0) is 38.5 Å². The minimum atomic E-state index is -1.62. The van der Waals surface area contributed by atoms with Crippen LogP contribution in [-0.2, 0) is 33.3 Å². The molecule has 9 nitrogen and oxygen atoms in total. The second kappa shape index (κ2) is 59.9. The lowest BCUT2D eigenvalue weighted by atomic mass is 10.0. The van der Waals surface area contributed by atoms with Crippen LogP contribution in [0.4, 0.5) is 0 Å². The van der Waals surface area contributed by atoms with E-state index in [4.69, 9.17) is 18.9 Å². The van der Waals surface area contributed by atoms with Crippen LogP contribution >= 0.6 is 0 Å². The van der Waals surface area contributed by atoms with Crippen molar-refractivity contribution in [3.63, 3.8) is 0 Å². The van der Waals surface area contributed by atoms with Gasteiger partial charge in [0.25, 0.3) is 0 Å². The maximum Gasteiger partial charge on any atom is 0.306 e. The van der Waals surface area contributed by atoms with Gasteiger partial charge in [0, 0.05) is 12.8 Å². The molecule has 0 bridgehead atoms. The number of aliphatic carboxylic acids is 1. The van der Waals surface area contributed by atoms with E-state index in [2.05, 4.69) is 38.2 Å². The van der Waals surface area contributed by atoms with Gasteiger partial charge in [-0.25, -0.2) is 0 Å². The van der Waals surface area contributed by atoms with Crippen molar-refractivity contribution in [2.24, 2.45) is 0 Å². The molecule has 0 saturated carbocycles. The number of carboxylic acid groups (broad SMARTS) is 1.